The van der Waals surface area contributed by atoms with Crippen LogP contribution in [0.1, 0.15) is 27.8 Å². The average molecular weight is 1280 g/mol. The fraction of sp³-hybridized carbons (Fsp3) is 0.112. The van der Waals surface area contributed by atoms with Gasteiger partial charge in [-0.05, 0) is 147 Å². The van der Waals surface area contributed by atoms with Crippen molar-refractivity contribution >= 4 is 76.7 Å². The Hall–Kier alpha value is -12.1. The Kier molecular flexibility index (Phi) is 17.7. The van der Waals surface area contributed by atoms with E-state index in [1.54, 1.807) is 0 Å². The highest BCUT2D eigenvalue weighted by atomic mass is 15.2. The smallest absolute Gasteiger partial charge is 0.232 e. The molecule has 0 radical (unpaired) electrons. The summed E-state index contributed by atoms with van der Waals surface area (Å²) < 4.78 is 20.4. The van der Waals surface area contributed by atoms with Crippen molar-refractivity contribution in [2.75, 3.05) is 0 Å². The predicted octanol–water partition coefficient (Wildman–Crippen LogP) is 18.1. The van der Waals surface area contributed by atoms with Crippen LogP contribution in [0.5, 0.6) is 0 Å². The number of nitrogens with zero attached hydrogens (tertiary/aromatic N) is 9. The lowest BCUT2D eigenvalue weighted by molar-refractivity contribution is -0.660. The van der Waals surface area contributed by atoms with Crippen LogP contribution in [0.2, 0.25) is 0 Å². The van der Waals surface area contributed by atoms with Crippen molar-refractivity contribution in [1.82, 2.24) is 17.9 Å². The van der Waals surface area contributed by atoms with Gasteiger partial charge in [-0.3, -0.25) is 0 Å². The molecule has 0 unspecified atom stereocenters. The van der Waals surface area contributed by atoms with Crippen molar-refractivity contribution in [2.24, 2.45) is 35.2 Å². The molecule has 0 fully saturated rings. The van der Waals surface area contributed by atoms with Gasteiger partial charge in [0.05, 0.1) is 50.1 Å². The molecule has 98 heavy (non-hydrogen) atoms. The molecule has 9 heteroatoms. The van der Waals surface area contributed by atoms with Crippen LogP contribution >= 0.6 is 0 Å². The van der Waals surface area contributed by atoms with E-state index in [1.165, 1.54) is 150 Å². The van der Waals surface area contributed by atoms with Gasteiger partial charge >= 0.3 is 0 Å². The van der Waals surface area contributed by atoms with Crippen molar-refractivity contribution in [2.45, 2.75) is 34.6 Å². The number of pyridine rings is 3. The van der Waals surface area contributed by atoms with Crippen molar-refractivity contribution < 1.29 is 22.8 Å². The van der Waals surface area contributed by atoms with E-state index in [0.717, 1.165) is 0 Å². The zero-order chi connectivity index (χ0) is 67.6. The highest BCUT2D eigenvalue weighted by molar-refractivity contribution is 6.14. The van der Waals surface area contributed by atoms with E-state index < -0.39 is 0 Å². The molecule has 0 aliphatic rings. The van der Waals surface area contributed by atoms with Gasteiger partial charge < -0.3 is 0 Å². The molecular weight excluding hydrogens is 1200 g/mol. The fourth-order valence-electron chi connectivity index (χ4n) is 14.4. The number of aryl methyl sites for hydroxylation is 10. The summed E-state index contributed by atoms with van der Waals surface area (Å²) in [5.41, 5.74) is 24.0. The molecule has 0 spiro atoms. The normalized spacial score (nSPS) is 11.2. The molecule has 0 saturated heterocycles. The third-order valence-corrected chi connectivity index (χ3v) is 19.2. The van der Waals surface area contributed by atoms with Crippen molar-refractivity contribution in [1.29, 1.82) is 0 Å². The maximum Gasteiger partial charge on any atom is 0.295 e. The molecule has 478 valence electrons. The first-order valence-electron chi connectivity index (χ1n) is 33.6. The summed E-state index contributed by atoms with van der Waals surface area (Å²) in [6.45, 7) is 10.8. The van der Waals surface area contributed by atoms with E-state index in [1.807, 2.05) is 12.1 Å². The number of rotatable bonds is 5. The third kappa shape index (κ3) is 11.7. The predicted molar refractivity (Wildman–Crippen MR) is 404 cm³/mol. The average Bonchev–Trinajstić information content (AvgIpc) is 1.51. The second-order valence-corrected chi connectivity index (χ2v) is 25.5. The SMILES string of the molecule is Cc1cccc2c3ccccc3n3c4ccccc4[n+](C)c3c12.Cc1cccc2c3ccccc3n3cc[n+](C)c3c12.Cc1ccccc1-c1cccc[n+]1C.Cc1ccccc1-c1n(-c2ccccc2)c2ccccc2[n+]1C.Cc1ccccc1-c1n(-c2ccccc2)cc[n+]1C. The molecule has 18 aromatic rings. The molecule has 0 N–H and O–H groups in total. The Balaban J connectivity index is 0.000000106. The Morgan fingerprint density at radius 1 is 0.276 bits per heavy atom. The van der Waals surface area contributed by atoms with Crippen LogP contribution < -0.4 is 22.8 Å². The first-order chi connectivity index (χ1) is 47.9. The monoisotopic (exact) mass is 1280 g/mol. The van der Waals surface area contributed by atoms with E-state index in [4.69, 9.17) is 0 Å². The number of para-hydroxylation sites is 8. The molecule has 0 amide bonds. The van der Waals surface area contributed by atoms with Gasteiger partial charge in [0.25, 0.3) is 22.9 Å². The zero-order valence-electron chi connectivity index (χ0n) is 57.5. The maximum absolute atomic E-state index is 2.40. The largest absolute Gasteiger partial charge is 0.295 e. The molecule has 0 atom stereocenters. The Bertz CT molecular complexity index is 5900. The molecule has 0 aliphatic heterocycles. The second kappa shape index (κ2) is 27.3. The molecule has 11 aromatic carbocycles. The summed E-state index contributed by atoms with van der Waals surface area (Å²) in [4.78, 5) is 0. The van der Waals surface area contributed by atoms with Gasteiger partial charge in [0.2, 0.25) is 5.69 Å². The summed E-state index contributed by atoms with van der Waals surface area (Å²) in [5, 5.41) is 7.95. The number of aromatic nitrogens is 9. The highest BCUT2D eigenvalue weighted by Crippen LogP contribution is 2.35. The first kappa shape index (κ1) is 63.3. The van der Waals surface area contributed by atoms with Gasteiger partial charge in [-0.1, -0.05) is 188 Å². The van der Waals surface area contributed by atoms with Crippen LogP contribution in [-0.4, -0.2) is 17.9 Å². The molecule has 0 saturated carbocycles. The summed E-state index contributed by atoms with van der Waals surface area (Å²) in [5.74, 6) is 2.40. The molecule has 0 bridgehead atoms. The van der Waals surface area contributed by atoms with Gasteiger partial charge in [0.1, 0.15) is 54.2 Å². The number of benzene rings is 11. The number of hydrogen-bond donors (Lipinski definition) is 0. The van der Waals surface area contributed by atoms with Gasteiger partial charge in [-0.25, -0.2) is 22.8 Å². The number of hydrogen-bond acceptors (Lipinski definition) is 0. The summed E-state index contributed by atoms with van der Waals surface area (Å²) in [7, 11) is 10.6. The second-order valence-electron chi connectivity index (χ2n) is 25.5. The molecule has 7 heterocycles. The summed E-state index contributed by atoms with van der Waals surface area (Å²) >= 11 is 0. The summed E-state index contributed by atoms with van der Waals surface area (Å²) in [6, 6.07) is 100. The number of fused-ring (bicyclic) bond motifs is 15. The Morgan fingerprint density at radius 2 is 0.714 bits per heavy atom. The zero-order valence-corrected chi connectivity index (χ0v) is 57.5. The van der Waals surface area contributed by atoms with Crippen LogP contribution in [0.4, 0.5) is 0 Å². The first-order valence-corrected chi connectivity index (χ1v) is 33.6. The van der Waals surface area contributed by atoms with E-state index in [2.05, 4.69) is 415 Å². The van der Waals surface area contributed by atoms with Gasteiger partial charge in [-0.2, -0.15) is 17.9 Å². The van der Waals surface area contributed by atoms with Crippen LogP contribution in [0.25, 0.3) is 122 Å². The quantitative estimate of drug-likeness (QED) is 0.122. The van der Waals surface area contributed by atoms with Crippen LogP contribution in [0.3, 0.4) is 0 Å². The van der Waals surface area contributed by atoms with E-state index in [0.29, 0.717) is 0 Å². The minimum absolute atomic E-state index is 1.18. The summed E-state index contributed by atoms with van der Waals surface area (Å²) in [6.07, 6.45) is 10.5. The van der Waals surface area contributed by atoms with E-state index in [9.17, 15) is 0 Å². The maximum atomic E-state index is 2.40. The van der Waals surface area contributed by atoms with Crippen molar-refractivity contribution in [3.8, 4) is 45.4 Å². The van der Waals surface area contributed by atoms with Gasteiger partial charge in [0, 0.05) is 39.2 Å². The lowest BCUT2D eigenvalue weighted by Gasteiger charge is -2.06. The van der Waals surface area contributed by atoms with Crippen molar-refractivity contribution in [3.05, 3.63) is 344 Å². The minimum atomic E-state index is 1.18. The molecular formula is C89H82N9+5. The lowest BCUT2D eigenvalue weighted by atomic mass is 10.0. The van der Waals surface area contributed by atoms with Gasteiger partial charge in [0.15, 0.2) is 28.3 Å². The lowest BCUT2D eigenvalue weighted by Crippen LogP contribution is -2.30. The Morgan fingerprint density at radius 3 is 1.32 bits per heavy atom. The van der Waals surface area contributed by atoms with Crippen LogP contribution in [0, 0.1) is 34.6 Å². The minimum Gasteiger partial charge on any atom is -0.232 e. The molecule has 7 aromatic heterocycles. The van der Waals surface area contributed by atoms with E-state index >= 15 is 0 Å². The molecule has 9 nitrogen and oxygen atoms in total. The number of imidazole rings is 4. The topological polar surface area (TPSA) is 38.1 Å². The van der Waals surface area contributed by atoms with Crippen molar-refractivity contribution in [3.63, 3.8) is 0 Å². The van der Waals surface area contributed by atoms with Gasteiger partial charge in [-0.15, -0.1) is 0 Å². The molecule has 18 rings (SSSR count). The van der Waals surface area contributed by atoms with Crippen LogP contribution in [0.15, 0.2) is 316 Å². The Labute approximate surface area is 573 Å². The third-order valence-electron chi connectivity index (χ3n) is 19.2. The fourth-order valence-corrected chi connectivity index (χ4v) is 14.4. The highest BCUT2D eigenvalue weighted by Gasteiger charge is 2.28. The molecule has 0 aliphatic carbocycles. The van der Waals surface area contributed by atoms with Crippen LogP contribution in [-0.2, 0) is 35.2 Å². The van der Waals surface area contributed by atoms with E-state index in [-0.39, 0.29) is 0 Å². The standard InChI is InChI=1S/C21H17N2.C21H19N2.C17H15N2.C17H17N2.C13H14N/c1-14-8-7-10-16-15-9-3-4-11-17(15)23-19-13-6-5-12-18(19)22(2)21(23)20(14)16;1-16-10-6-7-13-18(16)21-22(2)19-14-8-9-15-20(19)23(21)17-11-4-3-5-12-17;1-12-6-5-8-14-13-7-3-4-9-15(13)19-11-10-18(2)17(19)16(12)14;1-14-8-6-7-11-16(14)17-18(2)12-13-19(17)15-9-4-3-5-10-15;1-11-7-3-4-8-12(11)13-9-5-6-10-14(13)2/h3-13H,1-2H3;3-15H,1-2H3;3-11H,1-2H3;3-13H,1-2H3;3-10H,1-2H3/q5*+1.